The number of carbonyl (C=O) groups excluding carboxylic acids is 3. The van der Waals surface area contributed by atoms with Gasteiger partial charge in [-0.05, 0) is 0 Å². The van der Waals surface area contributed by atoms with Crippen molar-refractivity contribution < 1.29 is 47.0 Å². The number of allylic oxidation sites excluding steroid dienone is 4. The SMILES string of the molecule is CC1=P[C](C)([Fe]([CH]=O)([CH]=O)([CH]=O)[C]2(C)P=C(C)C(C)=C2C)C(C)=C1C.[Cl][Zr][Cl]. The van der Waals surface area contributed by atoms with Crippen LogP contribution in [0.15, 0.2) is 22.3 Å². The van der Waals surface area contributed by atoms with Gasteiger partial charge < -0.3 is 0 Å². The molecule has 3 nitrogen and oxygen atoms in total. The summed E-state index contributed by atoms with van der Waals surface area (Å²) in [6.07, 6.45) is 0. The van der Waals surface area contributed by atoms with Gasteiger partial charge in [-0.15, -0.1) is 0 Å². The van der Waals surface area contributed by atoms with E-state index in [-0.39, 0.29) is 0 Å². The van der Waals surface area contributed by atoms with E-state index in [9.17, 15) is 14.4 Å². The standard InChI is InChI=1S/2C8H12P.3CHO.2ClH.Fe.Zr/c2*1-5-6(2)8(4)9-7(5)3;3*1-2;;;;/h2*1-4H3;3*1H;2*1H;;/q;;;;;;;;+2/p-2. The summed E-state index contributed by atoms with van der Waals surface area (Å²) < 4.78 is -1.54. The van der Waals surface area contributed by atoms with Gasteiger partial charge in [0.1, 0.15) is 0 Å². The Labute approximate surface area is 190 Å². The van der Waals surface area contributed by atoms with Gasteiger partial charge in [0.25, 0.3) is 0 Å². The third kappa shape index (κ3) is 3.19. The second-order valence-corrected chi connectivity index (χ2v) is 21.5. The van der Waals surface area contributed by atoms with Gasteiger partial charge >= 0.3 is 192 Å². The second-order valence-electron chi connectivity index (χ2n) is 7.13. The molecule has 157 valence electrons. The fraction of sp³-hybridized carbons (Fsp3) is 0.526. The topological polar surface area (TPSA) is 51.2 Å². The first kappa shape index (κ1) is 26.8. The molecule has 0 radical (unpaired) electrons. The quantitative estimate of drug-likeness (QED) is 0.226. The normalized spacial score (nSPS) is 29.7. The minimum absolute atomic E-state index is 0.768. The van der Waals surface area contributed by atoms with Gasteiger partial charge in [-0.3, -0.25) is 0 Å². The molecule has 2 heterocycles. The Hall–Kier alpha value is 0.813. The van der Waals surface area contributed by atoms with E-state index in [2.05, 4.69) is 0 Å². The van der Waals surface area contributed by atoms with Crippen LogP contribution >= 0.6 is 33.4 Å². The zero-order valence-electron chi connectivity index (χ0n) is 17.5. The molecule has 2 aliphatic rings. The summed E-state index contributed by atoms with van der Waals surface area (Å²) in [7, 11) is 11.7. The van der Waals surface area contributed by atoms with Gasteiger partial charge in [-0.2, -0.15) is 0 Å². The van der Waals surface area contributed by atoms with Crippen LogP contribution in [-0.2, 0) is 47.0 Å². The predicted octanol–water partition coefficient (Wildman–Crippen LogP) is 6.03. The molecule has 2 aliphatic heterocycles. The maximum atomic E-state index is 12.8. The van der Waals surface area contributed by atoms with Crippen molar-refractivity contribution in [3.63, 3.8) is 0 Å². The summed E-state index contributed by atoms with van der Waals surface area (Å²) in [6.45, 7) is 16.0. The van der Waals surface area contributed by atoms with Crippen LogP contribution in [0.4, 0.5) is 0 Å². The number of hydrogen-bond donors (Lipinski definition) is 0. The van der Waals surface area contributed by atoms with Crippen LogP contribution in [0.1, 0.15) is 55.4 Å². The van der Waals surface area contributed by atoms with Gasteiger partial charge in [0, 0.05) is 0 Å². The van der Waals surface area contributed by atoms with Gasteiger partial charge in [0.2, 0.25) is 0 Å². The molecule has 0 spiro atoms. The van der Waals surface area contributed by atoms with E-state index in [0.29, 0.717) is 0 Å². The molecule has 28 heavy (non-hydrogen) atoms. The second kappa shape index (κ2) is 9.12. The van der Waals surface area contributed by atoms with Crippen molar-refractivity contribution in [3.8, 4) is 0 Å². The van der Waals surface area contributed by atoms with Crippen LogP contribution in [0.2, 0.25) is 0 Å². The molecule has 0 saturated heterocycles. The maximum absolute atomic E-state index is 12.8. The predicted molar refractivity (Wildman–Crippen MR) is 121 cm³/mol. The molecule has 2 unspecified atom stereocenters. The van der Waals surface area contributed by atoms with E-state index in [1.54, 1.807) is 0 Å². The van der Waals surface area contributed by atoms with Gasteiger partial charge in [0.05, 0.1) is 0 Å². The Morgan fingerprint density at radius 1 is 0.750 bits per heavy atom. The van der Waals surface area contributed by atoms with Crippen molar-refractivity contribution >= 4 is 59.6 Å². The summed E-state index contributed by atoms with van der Waals surface area (Å²) in [6, 6.07) is 0. The Morgan fingerprint density at radius 2 is 1.00 bits per heavy atom. The third-order valence-corrected chi connectivity index (χ3v) is 20.2. The van der Waals surface area contributed by atoms with Crippen molar-refractivity contribution in [3.05, 3.63) is 22.3 Å². The summed E-state index contributed by atoms with van der Waals surface area (Å²) in [5.41, 5.74) is 4.24. The first-order valence-corrected chi connectivity index (χ1v) is 19.6. The molecule has 2 rings (SSSR count). The number of carbonyl (C=O) groups is 3. The van der Waals surface area contributed by atoms with E-state index in [1.807, 2.05) is 55.4 Å². The van der Waals surface area contributed by atoms with Crippen molar-refractivity contribution in [2.45, 2.75) is 63.5 Å². The van der Waals surface area contributed by atoms with E-state index in [1.165, 1.54) is 0 Å². The zero-order valence-corrected chi connectivity index (χ0v) is 24.3. The van der Waals surface area contributed by atoms with Crippen LogP contribution in [-0.4, -0.2) is 34.2 Å². The van der Waals surface area contributed by atoms with Crippen LogP contribution < -0.4 is 0 Å². The van der Waals surface area contributed by atoms with Gasteiger partial charge in [0.15, 0.2) is 0 Å². The molecule has 0 aliphatic carbocycles. The molecule has 9 heteroatoms. The van der Waals surface area contributed by atoms with Crippen LogP contribution in [0.25, 0.3) is 0 Å². The Morgan fingerprint density at radius 3 is 1.14 bits per heavy atom. The molecule has 0 aromatic carbocycles. The molecule has 0 bridgehead atoms. The molecule has 0 aromatic rings. The third-order valence-electron chi connectivity index (χ3n) is 6.39. The van der Waals surface area contributed by atoms with Crippen LogP contribution in [0, 0.1) is 0 Å². The van der Waals surface area contributed by atoms with E-state index in [4.69, 9.17) is 17.0 Å². The fourth-order valence-electron chi connectivity index (χ4n) is 3.82. The van der Waals surface area contributed by atoms with E-state index >= 15 is 0 Å². The number of rotatable bonds is 5. The fourth-order valence-corrected chi connectivity index (χ4v) is 17.0. The minimum atomic E-state index is -4.35. The Bertz CT molecular complexity index is 785. The van der Waals surface area contributed by atoms with Crippen molar-refractivity contribution in [1.82, 2.24) is 0 Å². The summed E-state index contributed by atoms with van der Waals surface area (Å²) in [5, 5.41) is 4.63. The summed E-state index contributed by atoms with van der Waals surface area (Å²) in [5.74, 6) is 0. The first-order chi connectivity index (χ1) is 12.8. The Balaban J connectivity index is 0.00000122. The molecular formula is C19H27Cl2FeO3P2Zr. The van der Waals surface area contributed by atoms with Crippen molar-refractivity contribution in [2.24, 2.45) is 0 Å². The molecule has 0 saturated carbocycles. The molecule has 0 fully saturated rings. The van der Waals surface area contributed by atoms with Crippen LogP contribution in [0.5, 0.6) is 0 Å². The molecule has 2 atom stereocenters. The van der Waals surface area contributed by atoms with Crippen LogP contribution in [0.3, 0.4) is 0 Å². The molecule has 0 amide bonds. The average Bonchev–Trinajstić information content (AvgIpc) is 2.99. The van der Waals surface area contributed by atoms with Gasteiger partial charge in [-0.25, -0.2) is 0 Å². The summed E-state index contributed by atoms with van der Waals surface area (Å²) >= 11 is -5.17. The van der Waals surface area contributed by atoms with E-state index < -0.39 is 40.7 Å². The molecular weight excluding hydrogens is 556 g/mol. The number of hydrogen-bond acceptors (Lipinski definition) is 3. The van der Waals surface area contributed by atoms with Crippen molar-refractivity contribution in [2.75, 3.05) is 0 Å². The monoisotopic (exact) mass is 581 g/mol. The van der Waals surface area contributed by atoms with E-state index in [0.717, 1.165) is 64.8 Å². The summed E-state index contributed by atoms with van der Waals surface area (Å²) in [4.78, 5) is 38.5. The zero-order chi connectivity index (χ0) is 22.2. The molecule has 0 N–H and O–H groups in total. The average molecular weight is 583 g/mol. The first-order valence-electron chi connectivity index (χ1n) is 8.45. The number of halogens is 2. The van der Waals surface area contributed by atoms with Crippen molar-refractivity contribution in [1.29, 1.82) is 0 Å². The van der Waals surface area contributed by atoms with Gasteiger partial charge in [-0.1, -0.05) is 0 Å². The molecule has 0 aromatic heterocycles. The Kier molecular flexibility index (Phi) is 8.75.